The van der Waals surface area contributed by atoms with Crippen molar-refractivity contribution in [1.29, 1.82) is 0 Å². The van der Waals surface area contributed by atoms with Gasteiger partial charge in [0.1, 0.15) is 0 Å². The summed E-state index contributed by atoms with van der Waals surface area (Å²) in [5.41, 5.74) is 0.944. The van der Waals surface area contributed by atoms with Crippen molar-refractivity contribution in [1.82, 2.24) is 20.9 Å². The number of hydrogen-bond acceptors (Lipinski definition) is 5. The molecule has 0 aliphatic heterocycles. The van der Waals surface area contributed by atoms with Crippen LogP contribution >= 0.6 is 11.6 Å². The largest absolute Gasteiger partial charge is 0.453 e. The van der Waals surface area contributed by atoms with Crippen molar-refractivity contribution in [2.75, 3.05) is 47.4 Å². The number of carbonyl (C=O) groups is 2. The number of likely N-dealkylation sites (N-methyl/N-ethyl adjacent to an activating group) is 1. The van der Waals surface area contributed by atoms with Gasteiger partial charge in [-0.2, -0.15) is 0 Å². The molecule has 4 bridgehead atoms. The summed E-state index contributed by atoms with van der Waals surface area (Å²) in [5.74, 6) is 4.37. The fraction of sp³-hybridized carbons (Fsp3) is 0.724. The second-order valence-corrected chi connectivity index (χ2v) is 12.0. The van der Waals surface area contributed by atoms with E-state index in [-0.39, 0.29) is 18.2 Å². The number of nitrogens with one attached hydrogen (secondary N) is 3. The van der Waals surface area contributed by atoms with Crippen LogP contribution in [0.3, 0.4) is 0 Å². The summed E-state index contributed by atoms with van der Waals surface area (Å²) in [6, 6.07) is 7.65. The standard InChI is InChI=1S/C29H45ClN4O4/c1-31-18-25(17-26-22-12-19-11-20(14-22)15-23(26)13-19)33-28(35)34(2)9-7-27(21-5-4-6-24(30)16-21)38-10-8-32-29(36)37-3/h4-6,16,19-20,22-23,25-27,31H,7-15,17-18H2,1-3H3,(H,32,36)(H,33,35)/t19?,20?,22?,23?,25-,26?,27+/m0/s1. The molecule has 8 nitrogen and oxygen atoms in total. The van der Waals surface area contributed by atoms with Gasteiger partial charge in [0, 0.05) is 37.7 Å². The number of benzene rings is 1. The molecule has 2 atom stereocenters. The highest BCUT2D eigenvalue weighted by Gasteiger charge is 2.48. The van der Waals surface area contributed by atoms with Crippen LogP contribution in [0.25, 0.3) is 0 Å². The van der Waals surface area contributed by atoms with E-state index in [1.165, 1.54) is 39.2 Å². The van der Waals surface area contributed by atoms with E-state index in [2.05, 4.69) is 20.7 Å². The molecule has 0 spiro atoms. The highest BCUT2D eigenvalue weighted by molar-refractivity contribution is 6.30. The average molecular weight is 549 g/mol. The Hall–Kier alpha value is -2.03. The van der Waals surface area contributed by atoms with Crippen LogP contribution in [-0.4, -0.2) is 70.5 Å². The van der Waals surface area contributed by atoms with E-state index in [1.807, 2.05) is 38.4 Å². The van der Waals surface area contributed by atoms with Crippen LogP contribution in [0, 0.1) is 29.6 Å². The van der Waals surface area contributed by atoms with Crippen LogP contribution in [0.5, 0.6) is 0 Å². The summed E-state index contributed by atoms with van der Waals surface area (Å²) >= 11 is 6.23. The first kappa shape index (κ1) is 29.0. The van der Waals surface area contributed by atoms with Crippen LogP contribution in [0.2, 0.25) is 5.02 Å². The molecule has 4 fully saturated rings. The third-order valence-electron chi connectivity index (χ3n) is 8.93. The lowest BCUT2D eigenvalue weighted by Gasteiger charge is -2.55. The third kappa shape index (κ3) is 7.76. The summed E-state index contributed by atoms with van der Waals surface area (Å²) in [6.07, 6.45) is 7.98. The summed E-state index contributed by atoms with van der Waals surface area (Å²) in [6.45, 7) is 1.95. The van der Waals surface area contributed by atoms with Crippen molar-refractivity contribution < 1.29 is 19.1 Å². The molecule has 0 saturated heterocycles. The number of urea groups is 1. The molecule has 0 unspecified atom stereocenters. The van der Waals surface area contributed by atoms with Crippen LogP contribution in [-0.2, 0) is 9.47 Å². The molecule has 0 heterocycles. The van der Waals surface area contributed by atoms with Crippen LogP contribution in [0.15, 0.2) is 24.3 Å². The maximum Gasteiger partial charge on any atom is 0.406 e. The molecule has 212 valence electrons. The molecule has 1 aromatic carbocycles. The zero-order chi connectivity index (χ0) is 27.1. The van der Waals surface area contributed by atoms with E-state index in [4.69, 9.17) is 16.3 Å². The molecular formula is C29H45ClN4O4. The predicted molar refractivity (Wildman–Crippen MR) is 149 cm³/mol. The average Bonchev–Trinajstić information content (AvgIpc) is 2.89. The number of alkyl carbamates (subject to hydrolysis) is 1. The normalized spacial score (nSPS) is 27.0. The van der Waals surface area contributed by atoms with E-state index in [0.29, 0.717) is 31.1 Å². The Morgan fingerprint density at radius 1 is 1.13 bits per heavy atom. The molecule has 4 saturated carbocycles. The Kier molecular flexibility index (Phi) is 10.6. The molecular weight excluding hydrogens is 504 g/mol. The van der Waals surface area contributed by atoms with Crippen molar-refractivity contribution in [2.45, 2.75) is 57.1 Å². The molecule has 9 heteroatoms. The van der Waals surface area contributed by atoms with Gasteiger partial charge in [0.05, 0.1) is 19.8 Å². The van der Waals surface area contributed by atoms with Gasteiger partial charge in [0.25, 0.3) is 0 Å². The number of rotatable bonds is 13. The minimum atomic E-state index is -0.492. The Bertz CT molecular complexity index is 904. The van der Waals surface area contributed by atoms with Gasteiger partial charge in [-0.1, -0.05) is 23.7 Å². The van der Waals surface area contributed by atoms with Gasteiger partial charge in [-0.05, 0) is 99.3 Å². The Morgan fingerprint density at radius 2 is 1.84 bits per heavy atom. The maximum absolute atomic E-state index is 13.2. The Balaban J connectivity index is 1.29. The van der Waals surface area contributed by atoms with Gasteiger partial charge in [-0.15, -0.1) is 0 Å². The number of halogens is 1. The molecule has 0 radical (unpaired) electrons. The third-order valence-corrected chi connectivity index (χ3v) is 9.16. The monoisotopic (exact) mass is 548 g/mol. The molecule has 4 aliphatic carbocycles. The lowest BCUT2D eigenvalue weighted by atomic mass is 9.51. The van der Waals surface area contributed by atoms with Gasteiger partial charge in [0.15, 0.2) is 0 Å². The van der Waals surface area contributed by atoms with Gasteiger partial charge >= 0.3 is 12.1 Å². The van der Waals surface area contributed by atoms with Crippen LogP contribution in [0.1, 0.15) is 56.6 Å². The number of hydrogen-bond donors (Lipinski definition) is 3. The number of ether oxygens (including phenoxy) is 2. The summed E-state index contributed by atoms with van der Waals surface area (Å²) in [5, 5.41) is 9.88. The van der Waals surface area contributed by atoms with Crippen molar-refractivity contribution in [3.05, 3.63) is 34.9 Å². The Labute approximate surface area is 232 Å². The first-order valence-corrected chi connectivity index (χ1v) is 14.6. The second-order valence-electron chi connectivity index (χ2n) is 11.6. The maximum atomic E-state index is 13.2. The van der Waals surface area contributed by atoms with Crippen molar-refractivity contribution in [3.8, 4) is 0 Å². The molecule has 1 aromatic rings. The number of nitrogens with zero attached hydrogens (tertiary/aromatic N) is 1. The fourth-order valence-corrected chi connectivity index (χ4v) is 7.57. The van der Waals surface area contributed by atoms with E-state index in [9.17, 15) is 9.59 Å². The molecule has 38 heavy (non-hydrogen) atoms. The van der Waals surface area contributed by atoms with Crippen molar-refractivity contribution in [3.63, 3.8) is 0 Å². The molecule has 5 rings (SSSR count). The van der Waals surface area contributed by atoms with Gasteiger partial charge < -0.3 is 30.3 Å². The van der Waals surface area contributed by atoms with Gasteiger partial charge in [-0.25, -0.2) is 9.59 Å². The topological polar surface area (TPSA) is 91.9 Å². The van der Waals surface area contributed by atoms with E-state index in [1.54, 1.807) is 4.90 Å². The molecule has 4 aliphatic rings. The van der Waals surface area contributed by atoms with Gasteiger partial charge in [0.2, 0.25) is 0 Å². The lowest BCUT2D eigenvalue weighted by Crippen LogP contribution is -2.51. The smallest absolute Gasteiger partial charge is 0.406 e. The van der Waals surface area contributed by atoms with E-state index >= 15 is 0 Å². The Morgan fingerprint density at radius 3 is 2.47 bits per heavy atom. The SMILES string of the molecule is CNC[C@H](CC1C2CC3CC(C2)CC1C3)NC(=O)N(C)CC[C@@H](OCCNC(=O)OC)c1cccc(Cl)c1. The predicted octanol–water partition coefficient (Wildman–Crippen LogP) is 4.84. The first-order valence-electron chi connectivity index (χ1n) is 14.2. The van der Waals surface area contributed by atoms with Crippen molar-refractivity contribution in [2.24, 2.45) is 29.6 Å². The van der Waals surface area contributed by atoms with Crippen LogP contribution < -0.4 is 16.0 Å². The summed E-state index contributed by atoms with van der Waals surface area (Å²) < 4.78 is 10.7. The second kappa shape index (κ2) is 13.9. The van der Waals surface area contributed by atoms with E-state index in [0.717, 1.165) is 48.1 Å². The highest BCUT2D eigenvalue weighted by Crippen LogP contribution is 2.57. The molecule has 3 N–H and O–H groups in total. The fourth-order valence-electron chi connectivity index (χ4n) is 7.37. The highest BCUT2D eigenvalue weighted by atomic mass is 35.5. The molecule has 3 amide bonds. The summed E-state index contributed by atoms with van der Waals surface area (Å²) in [7, 11) is 5.13. The molecule has 0 aromatic heterocycles. The first-order chi connectivity index (χ1) is 18.4. The minimum Gasteiger partial charge on any atom is -0.453 e. The van der Waals surface area contributed by atoms with Gasteiger partial charge in [-0.3, -0.25) is 0 Å². The zero-order valence-corrected chi connectivity index (χ0v) is 23.8. The quantitative estimate of drug-likeness (QED) is 0.307. The minimum absolute atomic E-state index is 0.0498. The number of amides is 3. The van der Waals surface area contributed by atoms with E-state index < -0.39 is 6.09 Å². The number of methoxy groups -OCH3 is 1. The summed E-state index contributed by atoms with van der Waals surface area (Å²) in [4.78, 5) is 26.3. The zero-order valence-electron chi connectivity index (χ0n) is 23.1. The lowest BCUT2D eigenvalue weighted by molar-refractivity contribution is -0.0428. The van der Waals surface area contributed by atoms with Crippen LogP contribution in [0.4, 0.5) is 9.59 Å². The van der Waals surface area contributed by atoms with Crippen molar-refractivity contribution >= 4 is 23.7 Å². The number of carbonyl (C=O) groups excluding carboxylic acids is 2.